The topological polar surface area (TPSA) is 0 Å². The van der Waals surface area contributed by atoms with E-state index in [1.54, 1.807) is 0 Å². The van der Waals surface area contributed by atoms with Crippen molar-refractivity contribution < 1.29 is 0 Å². The molecule has 0 heterocycles. The fraction of sp³-hybridized carbons (Fsp3) is 0.455. The van der Waals surface area contributed by atoms with Gasteiger partial charge in [0.2, 0.25) is 0 Å². The molecule has 0 aromatic heterocycles. The van der Waals surface area contributed by atoms with Crippen molar-refractivity contribution in [3.8, 4) is 0 Å². The van der Waals surface area contributed by atoms with E-state index in [-0.39, 0.29) is 0 Å². The molecular formula is C11H16S. The zero-order valence-corrected chi connectivity index (χ0v) is 9.07. The maximum absolute atomic E-state index is 4.44. The number of aryl methyl sites for hydroxylation is 3. The molecule has 1 rings (SSSR count). The fourth-order valence-electron chi connectivity index (χ4n) is 1.43. The van der Waals surface area contributed by atoms with Gasteiger partial charge in [-0.2, -0.15) is 12.6 Å². The average Bonchev–Trinajstić information content (AvgIpc) is 1.96. The summed E-state index contributed by atoms with van der Waals surface area (Å²) in [5, 5.41) is 0.337. The molecule has 1 aromatic carbocycles. The van der Waals surface area contributed by atoms with E-state index in [1.165, 1.54) is 22.3 Å². The second-order valence-corrected chi connectivity index (χ2v) is 4.24. The molecule has 0 nitrogen and oxygen atoms in total. The first-order valence-electron chi connectivity index (χ1n) is 4.28. The van der Waals surface area contributed by atoms with E-state index in [2.05, 4.69) is 52.5 Å². The van der Waals surface area contributed by atoms with Crippen LogP contribution >= 0.6 is 12.6 Å². The number of rotatable bonds is 1. The van der Waals surface area contributed by atoms with Crippen LogP contribution in [0.3, 0.4) is 0 Å². The van der Waals surface area contributed by atoms with Crippen molar-refractivity contribution in [2.75, 3.05) is 0 Å². The van der Waals surface area contributed by atoms with Crippen LogP contribution in [0.5, 0.6) is 0 Å². The third-order valence-corrected chi connectivity index (χ3v) is 2.61. The van der Waals surface area contributed by atoms with Crippen LogP contribution in [-0.4, -0.2) is 0 Å². The second-order valence-electron chi connectivity index (χ2n) is 3.47. The summed E-state index contributed by atoms with van der Waals surface area (Å²) >= 11 is 4.44. The molecule has 0 aliphatic heterocycles. The van der Waals surface area contributed by atoms with Crippen LogP contribution in [0.25, 0.3) is 0 Å². The van der Waals surface area contributed by atoms with E-state index < -0.39 is 0 Å². The monoisotopic (exact) mass is 180 g/mol. The van der Waals surface area contributed by atoms with Crippen molar-refractivity contribution in [2.45, 2.75) is 32.9 Å². The van der Waals surface area contributed by atoms with Crippen LogP contribution in [0.1, 0.15) is 34.4 Å². The lowest BCUT2D eigenvalue weighted by Gasteiger charge is -2.11. The van der Waals surface area contributed by atoms with Crippen molar-refractivity contribution in [1.29, 1.82) is 0 Å². The number of benzene rings is 1. The van der Waals surface area contributed by atoms with E-state index in [0.717, 1.165) is 0 Å². The highest BCUT2D eigenvalue weighted by Crippen LogP contribution is 2.25. The molecule has 1 atom stereocenters. The summed E-state index contributed by atoms with van der Waals surface area (Å²) in [5.74, 6) is 0. The van der Waals surface area contributed by atoms with Gasteiger partial charge in [-0.05, 0) is 49.9 Å². The molecule has 0 fully saturated rings. The predicted octanol–water partition coefficient (Wildman–Crippen LogP) is 3.60. The third-order valence-electron chi connectivity index (χ3n) is 2.33. The Bertz CT molecular complexity index is 287. The lowest BCUT2D eigenvalue weighted by atomic mass is 9.99. The van der Waals surface area contributed by atoms with Gasteiger partial charge in [-0.25, -0.2) is 0 Å². The summed E-state index contributed by atoms with van der Waals surface area (Å²) in [6.45, 7) is 8.55. The van der Waals surface area contributed by atoms with Crippen LogP contribution < -0.4 is 0 Å². The minimum atomic E-state index is 0.337. The van der Waals surface area contributed by atoms with Gasteiger partial charge in [0.25, 0.3) is 0 Å². The minimum absolute atomic E-state index is 0.337. The van der Waals surface area contributed by atoms with Gasteiger partial charge in [-0.3, -0.25) is 0 Å². The Balaban J connectivity index is 3.23. The second kappa shape index (κ2) is 3.53. The summed E-state index contributed by atoms with van der Waals surface area (Å²) in [6.07, 6.45) is 0. The first-order valence-corrected chi connectivity index (χ1v) is 4.80. The Hall–Kier alpha value is -0.430. The number of thiol groups is 1. The van der Waals surface area contributed by atoms with E-state index in [9.17, 15) is 0 Å². The van der Waals surface area contributed by atoms with Gasteiger partial charge in [0.15, 0.2) is 0 Å². The van der Waals surface area contributed by atoms with Crippen LogP contribution in [0, 0.1) is 20.8 Å². The molecule has 0 saturated carbocycles. The molecule has 1 heteroatoms. The third kappa shape index (κ3) is 1.84. The molecule has 0 aliphatic carbocycles. The Kier molecular flexibility index (Phi) is 2.84. The van der Waals surface area contributed by atoms with Gasteiger partial charge in [-0.1, -0.05) is 12.1 Å². The van der Waals surface area contributed by atoms with Crippen LogP contribution in [-0.2, 0) is 0 Å². The van der Waals surface area contributed by atoms with E-state index in [0.29, 0.717) is 5.25 Å². The molecular weight excluding hydrogens is 164 g/mol. The molecule has 0 spiro atoms. The van der Waals surface area contributed by atoms with Crippen LogP contribution in [0.4, 0.5) is 0 Å². The van der Waals surface area contributed by atoms with E-state index >= 15 is 0 Å². The fourth-order valence-corrected chi connectivity index (χ4v) is 1.71. The summed E-state index contributed by atoms with van der Waals surface area (Å²) < 4.78 is 0. The molecule has 1 aromatic rings. The quantitative estimate of drug-likeness (QED) is 0.627. The van der Waals surface area contributed by atoms with Gasteiger partial charge in [0.1, 0.15) is 0 Å². The zero-order chi connectivity index (χ0) is 9.30. The SMILES string of the molecule is Cc1cc(C)c(C(C)S)cc1C. The van der Waals surface area contributed by atoms with Gasteiger partial charge < -0.3 is 0 Å². The van der Waals surface area contributed by atoms with Crippen LogP contribution in [0.2, 0.25) is 0 Å². The van der Waals surface area contributed by atoms with Crippen molar-refractivity contribution in [2.24, 2.45) is 0 Å². The van der Waals surface area contributed by atoms with Crippen molar-refractivity contribution >= 4 is 12.6 Å². The first-order chi connectivity index (χ1) is 5.52. The summed E-state index contributed by atoms with van der Waals surface area (Å²) in [6, 6.07) is 4.47. The predicted molar refractivity (Wildman–Crippen MR) is 58.1 cm³/mol. The maximum atomic E-state index is 4.44. The number of hydrogen-bond donors (Lipinski definition) is 1. The lowest BCUT2D eigenvalue weighted by molar-refractivity contribution is 1.07. The molecule has 0 N–H and O–H groups in total. The highest BCUT2D eigenvalue weighted by Gasteiger charge is 2.05. The summed E-state index contributed by atoms with van der Waals surface area (Å²) in [4.78, 5) is 0. The Morgan fingerprint density at radius 1 is 1.00 bits per heavy atom. The molecule has 0 radical (unpaired) electrons. The molecule has 0 aliphatic rings. The summed E-state index contributed by atoms with van der Waals surface area (Å²) in [7, 11) is 0. The highest BCUT2D eigenvalue weighted by molar-refractivity contribution is 7.80. The first kappa shape index (κ1) is 9.66. The van der Waals surface area contributed by atoms with Gasteiger partial charge in [0, 0.05) is 5.25 Å². The van der Waals surface area contributed by atoms with Gasteiger partial charge in [-0.15, -0.1) is 0 Å². The minimum Gasteiger partial charge on any atom is -0.171 e. The normalized spacial score (nSPS) is 13.1. The van der Waals surface area contributed by atoms with Crippen molar-refractivity contribution in [1.82, 2.24) is 0 Å². The zero-order valence-electron chi connectivity index (χ0n) is 8.18. The Morgan fingerprint density at radius 2 is 1.50 bits per heavy atom. The van der Waals surface area contributed by atoms with Crippen molar-refractivity contribution in [3.63, 3.8) is 0 Å². The maximum Gasteiger partial charge on any atom is 0.0241 e. The molecule has 1 unspecified atom stereocenters. The van der Waals surface area contributed by atoms with Crippen molar-refractivity contribution in [3.05, 3.63) is 34.4 Å². The van der Waals surface area contributed by atoms with E-state index in [4.69, 9.17) is 0 Å². The summed E-state index contributed by atoms with van der Waals surface area (Å²) in [5.41, 5.74) is 5.42. The molecule has 12 heavy (non-hydrogen) atoms. The largest absolute Gasteiger partial charge is 0.171 e. The van der Waals surface area contributed by atoms with Gasteiger partial charge >= 0.3 is 0 Å². The Morgan fingerprint density at radius 3 is 2.00 bits per heavy atom. The standard InChI is InChI=1S/C11H16S/c1-7-5-9(3)11(10(4)12)6-8(7)2/h5-6,10,12H,1-4H3. The molecule has 66 valence electrons. The van der Waals surface area contributed by atoms with Crippen LogP contribution in [0.15, 0.2) is 12.1 Å². The highest BCUT2D eigenvalue weighted by atomic mass is 32.1. The average molecular weight is 180 g/mol. The molecule has 0 bridgehead atoms. The van der Waals surface area contributed by atoms with Gasteiger partial charge in [0.05, 0.1) is 0 Å². The van der Waals surface area contributed by atoms with E-state index in [1.807, 2.05) is 0 Å². The smallest absolute Gasteiger partial charge is 0.0241 e. The lowest BCUT2D eigenvalue weighted by Crippen LogP contribution is -1.93. The molecule has 0 saturated heterocycles. The molecule has 0 amide bonds. The number of hydrogen-bond acceptors (Lipinski definition) is 1. The Labute approximate surface area is 80.4 Å².